The lowest BCUT2D eigenvalue weighted by molar-refractivity contribution is 0.413. The molecule has 0 amide bonds. The standard InChI is InChI=1S/C36H34N2/c1-36(2,3)21-30-26-11-7-6-10-25(26)20-29-33-32-24(16-17-37-33)13-14-27-28-19-23(18-22-8-4-5-9-22)12-15-31(28)38(34(29)30)35(27)32/h6-7,10-17,19-20,22H,4-5,8-9,18,21H2,1-3H3. The van der Waals surface area contributed by atoms with Gasteiger partial charge in [-0.2, -0.15) is 0 Å². The van der Waals surface area contributed by atoms with Crippen LogP contribution in [0.2, 0.25) is 0 Å². The highest BCUT2D eigenvalue weighted by Crippen LogP contribution is 2.44. The average molecular weight is 495 g/mol. The molecule has 0 saturated heterocycles. The van der Waals surface area contributed by atoms with Gasteiger partial charge < -0.3 is 4.40 Å². The van der Waals surface area contributed by atoms with Gasteiger partial charge in [-0.25, -0.2) is 0 Å². The SMILES string of the molecule is CC(C)(C)Cc1c2ccccc2cc2c3nccc4ccc5c6cc(CC7CCCC7)ccc6n(c12)c5c43. The fraction of sp³-hybridized carbons (Fsp3) is 0.306. The molecule has 0 atom stereocenters. The van der Waals surface area contributed by atoms with E-state index in [9.17, 15) is 0 Å². The van der Waals surface area contributed by atoms with E-state index in [0.29, 0.717) is 0 Å². The molecule has 1 aliphatic rings. The minimum Gasteiger partial charge on any atom is -0.308 e. The van der Waals surface area contributed by atoms with Crippen molar-refractivity contribution in [1.29, 1.82) is 0 Å². The lowest BCUT2D eigenvalue weighted by Gasteiger charge is -2.23. The molecule has 2 nitrogen and oxygen atoms in total. The van der Waals surface area contributed by atoms with Crippen LogP contribution < -0.4 is 0 Å². The van der Waals surface area contributed by atoms with Crippen LogP contribution >= 0.6 is 0 Å². The van der Waals surface area contributed by atoms with E-state index in [0.717, 1.165) is 17.9 Å². The van der Waals surface area contributed by atoms with Gasteiger partial charge in [-0.05, 0) is 75.7 Å². The first-order valence-corrected chi connectivity index (χ1v) is 14.4. The molecule has 188 valence electrons. The molecule has 1 aliphatic carbocycles. The minimum absolute atomic E-state index is 0.158. The smallest absolute Gasteiger partial charge is 0.0823 e. The second-order valence-electron chi connectivity index (χ2n) is 13.0. The van der Waals surface area contributed by atoms with E-state index in [2.05, 4.69) is 91.9 Å². The third kappa shape index (κ3) is 3.22. The van der Waals surface area contributed by atoms with E-state index in [-0.39, 0.29) is 5.41 Å². The molecule has 1 fully saturated rings. The highest BCUT2D eigenvalue weighted by Gasteiger charge is 2.24. The molecular weight excluding hydrogens is 460 g/mol. The number of hydrogen-bond donors (Lipinski definition) is 0. The Bertz CT molecular complexity index is 2010. The zero-order chi connectivity index (χ0) is 25.6. The predicted molar refractivity (Wildman–Crippen MR) is 163 cm³/mol. The van der Waals surface area contributed by atoms with Crippen LogP contribution in [0.1, 0.15) is 57.6 Å². The summed E-state index contributed by atoms with van der Waals surface area (Å²) in [5.74, 6) is 0.846. The van der Waals surface area contributed by atoms with Gasteiger partial charge in [0, 0.05) is 27.7 Å². The third-order valence-corrected chi connectivity index (χ3v) is 9.03. The summed E-state index contributed by atoms with van der Waals surface area (Å²) in [7, 11) is 0. The lowest BCUT2D eigenvalue weighted by atomic mass is 9.84. The number of nitrogens with zero attached hydrogens (tertiary/aromatic N) is 2. The molecule has 1 saturated carbocycles. The summed E-state index contributed by atoms with van der Waals surface area (Å²) in [6, 6.07) is 25.5. The van der Waals surface area contributed by atoms with Gasteiger partial charge >= 0.3 is 0 Å². The third-order valence-electron chi connectivity index (χ3n) is 9.03. The van der Waals surface area contributed by atoms with Gasteiger partial charge in [0.05, 0.1) is 22.1 Å². The molecule has 3 heterocycles. The lowest BCUT2D eigenvalue weighted by Crippen LogP contribution is -2.11. The second-order valence-corrected chi connectivity index (χ2v) is 13.0. The monoisotopic (exact) mass is 494 g/mol. The van der Waals surface area contributed by atoms with E-state index in [4.69, 9.17) is 4.98 Å². The molecule has 2 heteroatoms. The molecular formula is C36H34N2. The Morgan fingerprint density at radius 3 is 2.47 bits per heavy atom. The highest BCUT2D eigenvalue weighted by atomic mass is 14.9. The van der Waals surface area contributed by atoms with Gasteiger partial charge in [0.2, 0.25) is 0 Å². The molecule has 0 aliphatic heterocycles. The van der Waals surface area contributed by atoms with Crippen molar-refractivity contribution in [3.05, 3.63) is 84.1 Å². The van der Waals surface area contributed by atoms with Crippen molar-refractivity contribution in [2.24, 2.45) is 11.3 Å². The van der Waals surface area contributed by atoms with Crippen molar-refractivity contribution in [3.63, 3.8) is 0 Å². The average Bonchev–Trinajstić information content (AvgIpc) is 3.53. The van der Waals surface area contributed by atoms with Gasteiger partial charge in [-0.3, -0.25) is 4.98 Å². The van der Waals surface area contributed by atoms with Crippen molar-refractivity contribution in [2.45, 2.75) is 59.3 Å². The van der Waals surface area contributed by atoms with Gasteiger partial charge in [0.25, 0.3) is 0 Å². The van der Waals surface area contributed by atoms with Gasteiger partial charge in [-0.15, -0.1) is 0 Å². The van der Waals surface area contributed by atoms with Crippen LogP contribution in [0.15, 0.2) is 72.9 Å². The van der Waals surface area contributed by atoms with E-state index in [1.165, 1.54) is 97.5 Å². The molecule has 4 aromatic carbocycles. The first kappa shape index (κ1) is 22.3. The van der Waals surface area contributed by atoms with E-state index >= 15 is 0 Å². The van der Waals surface area contributed by atoms with Gasteiger partial charge in [-0.1, -0.05) is 88.9 Å². The van der Waals surface area contributed by atoms with Gasteiger partial charge in [0.1, 0.15) is 0 Å². The van der Waals surface area contributed by atoms with Crippen molar-refractivity contribution < 1.29 is 0 Å². The molecule has 8 rings (SSSR count). The maximum absolute atomic E-state index is 5.05. The predicted octanol–water partition coefficient (Wildman–Crippen LogP) is 9.86. The van der Waals surface area contributed by atoms with Crippen LogP contribution in [0.3, 0.4) is 0 Å². The first-order chi connectivity index (χ1) is 18.5. The van der Waals surface area contributed by atoms with Crippen LogP contribution in [0.5, 0.6) is 0 Å². The number of hydrogen-bond acceptors (Lipinski definition) is 1. The molecule has 0 unspecified atom stereocenters. The molecule has 0 radical (unpaired) electrons. The fourth-order valence-corrected chi connectivity index (χ4v) is 7.48. The van der Waals surface area contributed by atoms with Crippen LogP contribution in [-0.2, 0) is 12.8 Å². The summed E-state index contributed by atoms with van der Waals surface area (Å²) in [4.78, 5) is 5.05. The van der Waals surface area contributed by atoms with Crippen LogP contribution in [0, 0.1) is 11.3 Å². The highest BCUT2D eigenvalue weighted by molar-refractivity contribution is 6.28. The molecule has 38 heavy (non-hydrogen) atoms. The maximum Gasteiger partial charge on any atom is 0.0823 e. The summed E-state index contributed by atoms with van der Waals surface area (Å²) < 4.78 is 2.60. The van der Waals surface area contributed by atoms with E-state index < -0.39 is 0 Å². The number of rotatable bonds is 3. The Morgan fingerprint density at radius 1 is 0.789 bits per heavy atom. The minimum atomic E-state index is 0.158. The van der Waals surface area contributed by atoms with E-state index in [1.807, 2.05) is 6.20 Å². The fourth-order valence-electron chi connectivity index (χ4n) is 7.48. The molecule has 0 bridgehead atoms. The summed E-state index contributed by atoms with van der Waals surface area (Å²) in [5.41, 5.74) is 8.20. The number of aromatic nitrogens is 2. The zero-order valence-electron chi connectivity index (χ0n) is 22.6. The largest absolute Gasteiger partial charge is 0.308 e. The Morgan fingerprint density at radius 2 is 1.63 bits per heavy atom. The van der Waals surface area contributed by atoms with Crippen LogP contribution in [0.4, 0.5) is 0 Å². The molecule has 0 spiro atoms. The molecule has 0 N–H and O–H groups in total. The first-order valence-electron chi connectivity index (χ1n) is 14.4. The summed E-state index contributed by atoms with van der Waals surface area (Å²) >= 11 is 0. The van der Waals surface area contributed by atoms with Crippen molar-refractivity contribution in [2.75, 3.05) is 0 Å². The number of benzene rings is 4. The van der Waals surface area contributed by atoms with Crippen molar-refractivity contribution >= 4 is 59.8 Å². The summed E-state index contributed by atoms with van der Waals surface area (Å²) in [5, 5.41) is 9.24. The Balaban J connectivity index is 1.58. The summed E-state index contributed by atoms with van der Waals surface area (Å²) in [6.07, 6.45) is 9.77. The molecule has 3 aromatic heterocycles. The Labute approximate surface area is 223 Å². The van der Waals surface area contributed by atoms with Crippen LogP contribution in [0.25, 0.3) is 59.8 Å². The quantitative estimate of drug-likeness (QED) is 0.176. The van der Waals surface area contributed by atoms with Crippen molar-refractivity contribution in [3.8, 4) is 0 Å². The summed E-state index contributed by atoms with van der Waals surface area (Å²) in [6.45, 7) is 7.07. The normalized spacial score (nSPS) is 15.4. The van der Waals surface area contributed by atoms with Crippen LogP contribution in [-0.4, -0.2) is 9.38 Å². The number of pyridine rings is 2. The topological polar surface area (TPSA) is 17.3 Å². The Kier molecular flexibility index (Phi) is 4.66. The Hall–Kier alpha value is -3.65. The van der Waals surface area contributed by atoms with Crippen molar-refractivity contribution in [1.82, 2.24) is 9.38 Å². The maximum atomic E-state index is 5.05. The van der Waals surface area contributed by atoms with E-state index in [1.54, 1.807) is 0 Å². The number of fused-ring (bicyclic) bond motifs is 7. The second kappa shape index (κ2) is 7.93. The zero-order valence-corrected chi connectivity index (χ0v) is 22.6. The van der Waals surface area contributed by atoms with Gasteiger partial charge in [0.15, 0.2) is 0 Å². The molecule has 7 aromatic rings.